The maximum absolute atomic E-state index is 13.2. The highest BCUT2D eigenvalue weighted by Crippen LogP contribution is 2.32. The molecule has 3 rings (SSSR count). The number of hydrogen-bond donors (Lipinski definition) is 0. The van der Waals surface area contributed by atoms with Gasteiger partial charge in [-0.15, -0.1) is 0 Å². The lowest BCUT2D eigenvalue weighted by Gasteiger charge is -2.11. The first-order valence-electron chi connectivity index (χ1n) is 7.13. The molecule has 0 unspecified atom stereocenters. The van der Waals surface area contributed by atoms with E-state index in [1.807, 2.05) is 0 Å². The molecule has 0 bridgehead atoms. The standard InChI is InChI=1S/C18H13F3N2O/c1-24-14-9-5-8-13(10-14)15-11-16(18(19,20)21)23-17(22-15)12-6-3-2-4-7-12/h2-11H,1H3. The average molecular weight is 330 g/mol. The van der Waals surface area contributed by atoms with Gasteiger partial charge in [-0.1, -0.05) is 42.5 Å². The number of ether oxygens (including phenoxy) is 1. The van der Waals surface area contributed by atoms with Crippen LogP contribution in [0.2, 0.25) is 0 Å². The van der Waals surface area contributed by atoms with Crippen LogP contribution in [0.5, 0.6) is 5.75 Å². The molecule has 3 nitrogen and oxygen atoms in total. The number of aromatic nitrogens is 2. The Bertz CT molecular complexity index is 848. The summed E-state index contributed by atoms with van der Waals surface area (Å²) in [5.41, 5.74) is 0.261. The summed E-state index contributed by atoms with van der Waals surface area (Å²) in [5.74, 6) is 0.573. The Hall–Kier alpha value is -2.89. The van der Waals surface area contributed by atoms with Crippen LogP contribution in [0.25, 0.3) is 22.6 Å². The van der Waals surface area contributed by atoms with E-state index in [0.29, 0.717) is 16.9 Å². The van der Waals surface area contributed by atoms with E-state index in [0.717, 1.165) is 6.07 Å². The summed E-state index contributed by atoms with van der Waals surface area (Å²) in [6.07, 6.45) is -4.56. The molecule has 0 radical (unpaired) electrons. The third-order valence-corrected chi connectivity index (χ3v) is 3.41. The Morgan fingerprint density at radius 3 is 2.21 bits per heavy atom. The smallest absolute Gasteiger partial charge is 0.433 e. The normalized spacial score (nSPS) is 11.3. The summed E-state index contributed by atoms with van der Waals surface area (Å²) in [4.78, 5) is 7.97. The van der Waals surface area contributed by atoms with E-state index in [-0.39, 0.29) is 11.5 Å². The molecule has 6 heteroatoms. The number of methoxy groups -OCH3 is 1. The van der Waals surface area contributed by atoms with Gasteiger partial charge in [0.05, 0.1) is 12.8 Å². The molecular weight excluding hydrogens is 317 g/mol. The molecule has 0 spiro atoms. The highest BCUT2D eigenvalue weighted by atomic mass is 19.4. The van der Waals surface area contributed by atoms with Crippen molar-refractivity contribution in [3.63, 3.8) is 0 Å². The molecule has 1 aromatic heterocycles. The lowest BCUT2D eigenvalue weighted by Crippen LogP contribution is -2.10. The molecule has 2 aromatic carbocycles. The van der Waals surface area contributed by atoms with Gasteiger partial charge in [-0.05, 0) is 18.2 Å². The first-order valence-corrected chi connectivity index (χ1v) is 7.13. The highest BCUT2D eigenvalue weighted by molar-refractivity contribution is 5.65. The molecule has 122 valence electrons. The van der Waals surface area contributed by atoms with Gasteiger partial charge >= 0.3 is 6.18 Å². The van der Waals surface area contributed by atoms with Crippen LogP contribution in [0, 0.1) is 0 Å². The van der Waals surface area contributed by atoms with E-state index in [9.17, 15) is 13.2 Å². The van der Waals surface area contributed by atoms with Crippen molar-refractivity contribution in [2.45, 2.75) is 6.18 Å². The Balaban J connectivity index is 2.18. The molecule has 0 amide bonds. The molecule has 0 saturated heterocycles. The minimum atomic E-state index is -4.56. The van der Waals surface area contributed by atoms with Crippen molar-refractivity contribution in [3.05, 3.63) is 66.4 Å². The predicted molar refractivity (Wildman–Crippen MR) is 84.5 cm³/mol. The highest BCUT2D eigenvalue weighted by Gasteiger charge is 2.34. The zero-order chi connectivity index (χ0) is 17.2. The second-order valence-electron chi connectivity index (χ2n) is 5.06. The van der Waals surface area contributed by atoms with Gasteiger partial charge in [0.2, 0.25) is 0 Å². The van der Waals surface area contributed by atoms with Crippen molar-refractivity contribution in [2.75, 3.05) is 7.11 Å². The second kappa shape index (κ2) is 6.31. The number of nitrogens with zero attached hydrogens (tertiary/aromatic N) is 2. The molecule has 0 aliphatic heterocycles. The Morgan fingerprint density at radius 2 is 1.54 bits per heavy atom. The summed E-state index contributed by atoms with van der Waals surface area (Å²) in [5, 5.41) is 0. The topological polar surface area (TPSA) is 35.0 Å². The van der Waals surface area contributed by atoms with Gasteiger partial charge < -0.3 is 4.74 Å². The Labute approximate surface area is 136 Å². The summed E-state index contributed by atoms with van der Waals surface area (Å²) in [6, 6.07) is 16.3. The number of alkyl halides is 3. The zero-order valence-electron chi connectivity index (χ0n) is 12.7. The summed E-state index contributed by atoms with van der Waals surface area (Å²) >= 11 is 0. The molecule has 0 aliphatic rings. The number of rotatable bonds is 3. The minimum Gasteiger partial charge on any atom is -0.497 e. The number of halogens is 3. The van der Waals surface area contributed by atoms with Crippen molar-refractivity contribution in [1.82, 2.24) is 9.97 Å². The van der Waals surface area contributed by atoms with Gasteiger partial charge in [0.25, 0.3) is 0 Å². The molecule has 3 aromatic rings. The largest absolute Gasteiger partial charge is 0.497 e. The van der Waals surface area contributed by atoms with E-state index in [2.05, 4.69) is 9.97 Å². The van der Waals surface area contributed by atoms with Crippen LogP contribution in [0.3, 0.4) is 0 Å². The van der Waals surface area contributed by atoms with Crippen molar-refractivity contribution in [2.24, 2.45) is 0 Å². The number of benzene rings is 2. The monoisotopic (exact) mass is 330 g/mol. The van der Waals surface area contributed by atoms with Crippen LogP contribution in [0.1, 0.15) is 5.69 Å². The molecule has 0 saturated carbocycles. The van der Waals surface area contributed by atoms with Crippen molar-refractivity contribution in [1.29, 1.82) is 0 Å². The van der Waals surface area contributed by atoms with Crippen LogP contribution < -0.4 is 4.74 Å². The summed E-state index contributed by atoms with van der Waals surface area (Å²) in [6.45, 7) is 0. The van der Waals surface area contributed by atoms with E-state index in [1.54, 1.807) is 54.6 Å². The molecule has 24 heavy (non-hydrogen) atoms. The lowest BCUT2D eigenvalue weighted by atomic mass is 10.1. The fourth-order valence-corrected chi connectivity index (χ4v) is 2.24. The van der Waals surface area contributed by atoms with Crippen LogP contribution in [0.4, 0.5) is 13.2 Å². The Morgan fingerprint density at radius 1 is 0.833 bits per heavy atom. The lowest BCUT2D eigenvalue weighted by molar-refractivity contribution is -0.141. The molecule has 0 aliphatic carbocycles. The quantitative estimate of drug-likeness (QED) is 0.689. The van der Waals surface area contributed by atoms with Crippen molar-refractivity contribution in [3.8, 4) is 28.4 Å². The first kappa shape index (κ1) is 16.0. The van der Waals surface area contributed by atoms with Gasteiger partial charge in [-0.25, -0.2) is 9.97 Å². The van der Waals surface area contributed by atoms with Gasteiger partial charge in [0, 0.05) is 11.1 Å². The van der Waals surface area contributed by atoms with Gasteiger partial charge in [-0.3, -0.25) is 0 Å². The Kier molecular flexibility index (Phi) is 4.20. The fourth-order valence-electron chi connectivity index (χ4n) is 2.24. The van der Waals surface area contributed by atoms with E-state index < -0.39 is 11.9 Å². The van der Waals surface area contributed by atoms with Crippen molar-refractivity contribution >= 4 is 0 Å². The summed E-state index contributed by atoms with van der Waals surface area (Å²) < 4.78 is 44.8. The fraction of sp³-hybridized carbons (Fsp3) is 0.111. The zero-order valence-corrected chi connectivity index (χ0v) is 12.7. The average Bonchev–Trinajstić information content (AvgIpc) is 2.61. The maximum Gasteiger partial charge on any atom is 0.433 e. The van der Waals surface area contributed by atoms with E-state index >= 15 is 0 Å². The third kappa shape index (κ3) is 3.37. The maximum atomic E-state index is 13.2. The van der Waals surface area contributed by atoms with Crippen LogP contribution in [-0.4, -0.2) is 17.1 Å². The summed E-state index contributed by atoms with van der Waals surface area (Å²) in [7, 11) is 1.50. The number of hydrogen-bond acceptors (Lipinski definition) is 3. The van der Waals surface area contributed by atoms with Gasteiger partial charge in [0.1, 0.15) is 11.4 Å². The SMILES string of the molecule is COc1cccc(-c2cc(C(F)(F)F)nc(-c3ccccc3)n2)c1. The minimum absolute atomic E-state index is 0.0308. The van der Waals surface area contributed by atoms with E-state index in [4.69, 9.17) is 4.74 Å². The van der Waals surface area contributed by atoms with Crippen LogP contribution in [0.15, 0.2) is 60.7 Å². The third-order valence-electron chi connectivity index (χ3n) is 3.41. The molecular formula is C18H13F3N2O. The van der Waals surface area contributed by atoms with Gasteiger partial charge in [0.15, 0.2) is 5.82 Å². The molecule has 0 N–H and O–H groups in total. The van der Waals surface area contributed by atoms with Gasteiger partial charge in [-0.2, -0.15) is 13.2 Å². The predicted octanol–water partition coefficient (Wildman–Crippen LogP) is 4.84. The molecule has 1 heterocycles. The van der Waals surface area contributed by atoms with Crippen LogP contribution in [-0.2, 0) is 6.18 Å². The second-order valence-corrected chi connectivity index (χ2v) is 5.06. The van der Waals surface area contributed by atoms with Crippen molar-refractivity contribution < 1.29 is 17.9 Å². The molecule has 0 atom stereocenters. The first-order chi connectivity index (χ1) is 11.5. The molecule has 0 fully saturated rings. The van der Waals surface area contributed by atoms with Crippen LogP contribution >= 0.6 is 0 Å². The van der Waals surface area contributed by atoms with E-state index in [1.165, 1.54) is 7.11 Å².